The molecule has 0 aromatic heterocycles. The Labute approximate surface area is 59.8 Å². The Balaban J connectivity index is 3.36. The molecule has 0 nitrogen and oxygen atoms in total. The first kappa shape index (κ1) is 7.73. The van der Waals surface area contributed by atoms with Gasteiger partial charge in [-0.2, -0.15) is 0 Å². The van der Waals surface area contributed by atoms with Crippen molar-refractivity contribution in [3.63, 3.8) is 0 Å². The quantitative estimate of drug-likeness (QED) is 0.487. The molecule has 0 radical (unpaired) electrons. The van der Waals surface area contributed by atoms with Gasteiger partial charge in [0.1, 0.15) is 0 Å². The van der Waals surface area contributed by atoms with Crippen molar-refractivity contribution >= 4 is 22.6 Å². The van der Waals surface area contributed by atoms with Crippen LogP contribution in [-0.2, 0) is 0 Å². The fourth-order valence-electron chi connectivity index (χ4n) is 0.0945. The van der Waals surface area contributed by atoms with Crippen molar-refractivity contribution < 1.29 is 0 Å². The van der Waals surface area contributed by atoms with Crippen LogP contribution in [0.1, 0.15) is 27.2 Å². The van der Waals surface area contributed by atoms with Crippen molar-refractivity contribution in [2.45, 2.75) is 27.2 Å². The molecule has 0 unspecified atom stereocenters. The molecule has 0 spiro atoms. The SMILES string of the molecule is CCC(C)(C)CI. The second-order valence-corrected chi connectivity index (χ2v) is 3.41. The molecule has 0 aromatic carbocycles. The highest BCUT2D eigenvalue weighted by Gasteiger charge is 2.10. The molecule has 0 aliphatic heterocycles. The highest BCUT2D eigenvalue weighted by Crippen LogP contribution is 2.21. The van der Waals surface area contributed by atoms with Crippen LogP contribution in [0.5, 0.6) is 0 Å². The largest absolute Gasteiger partial charge is 0.0858 e. The van der Waals surface area contributed by atoms with Gasteiger partial charge in [-0.15, -0.1) is 0 Å². The number of alkyl halides is 1. The minimum Gasteiger partial charge on any atom is -0.0858 e. The van der Waals surface area contributed by atoms with E-state index in [1.54, 1.807) is 0 Å². The van der Waals surface area contributed by atoms with Crippen LogP contribution >= 0.6 is 22.6 Å². The van der Waals surface area contributed by atoms with Crippen LogP contribution in [0.15, 0.2) is 0 Å². The van der Waals surface area contributed by atoms with Crippen LogP contribution in [0.4, 0.5) is 0 Å². The molecule has 0 aliphatic carbocycles. The number of halogens is 1. The Bertz CT molecular complexity index is 42.1. The van der Waals surface area contributed by atoms with E-state index < -0.39 is 0 Å². The fourth-order valence-corrected chi connectivity index (χ4v) is 0.634. The smallest absolute Gasteiger partial charge is 0.00466 e. The first-order valence-corrected chi connectivity index (χ1v) is 4.21. The molecule has 44 valence electrons. The zero-order valence-corrected chi connectivity index (χ0v) is 7.45. The van der Waals surface area contributed by atoms with Crippen molar-refractivity contribution in [3.05, 3.63) is 0 Å². The second-order valence-electron chi connectivity index (χ2n) is 2.65. The van der Waals surface area contributed by atoms with Crippen LogP contribution in [-0.4, -0.2) is 4.43 Å². The summed E-state index contributed by atoms with van der Waals surface area (Å²) in [7, 11) is 0. The standard InChI is InChI=1S/C6H13I/c1-4-6(2,3)5-7/h4-5H2,1-3H3. The molecular formula is C6H13I. The zero-order valence-electron chi connectivity index (χ0n) is 5.29. The first-order valence-electron chi connectivity index (χ1n) is 2.68. The first-order chi connectivity index (χ1) is 3.12. The van der Waals surface area contributed by atoms with Gasteiger partial charge in [-0.05, 0) is 5.41 Å². The fraction of sp³-hybridized carbons (Fsp3) is 1.00. The lowest BCUT2D eigenvalue weighted by Gasteiger charge is -2.17. The molecule has 0 bridgehead atoms. The minimum absolute atomic E-state index is 0.570. The lowest BCUT2D eigenvalue weighted by Crippen LogP contribution is -2.09. The van der Waals surface area contributed by atoms with Gasteiger partial charge in [-0.3, -0.25) is 0 Å². The predicted molar refractivity (Wildman–Crippen MR) is 43.0 cm³/mol. The zero-order chi connectivity index (χ0) is 5.91. The van der Waals surface area contributed by atoms with Gasteiger partial charge in [0.15, 0.2) is 0 Å². The third-order valence-corrected chi connectivity index (χ3v) is 3.38. The van der Waals surface area contributed by atoms with E-state index in [2.05, 4.69) is 43.4 Å². The number of rotatable bonds is 2. The average molecular weight is 212 g/mol. The van der Waals surface area contributed by atoms with Crippen molar-refractivity contribution in [2.24, 2.45) is 5.41 Å². The molecular weight excluding hydrogens is 199 g/mol. The monoisotopic (exact) mass is 212 g/mol. The normalized spacial score (nSPS) is 12.0. The van der Waals surface area contributed by atoms with E-state index in [4.69, 9.17) is 0 Å². The highest BCUT2D eigenvalue weighted by atomic mass is 127. The number of hydrogen-bond donors (Lipinski definition) is 0. The Kier molecular flexibility index (Phi) is 3.20. The summed E-state index contributed by atoms with van der Waals surface area (Å²) in [5, 5.41) is 0. The maximum atomic E-state index is 2.43. The summed E-state index contributed by atoms with van der Waals surface area (Å²) in [5.41, 5.74) is 0.570. The third kappa shape index (κ3) is 3.32. The van der Waals surface area contributed by atoms with Gasteiger partial charge in [-0.25, -0.2) is 0 Å². The summed E-state index contributed by atoms with van der Waals surface area (Å²) < 4.78 is 1.27. The summed E-state index contributed by atoms with van der Waals surface area (Å²) in [6.07, 6.45) is 1.29. The molecule has 0 aliphatic rings. The Morgan fingerprint density at radius 1 is 1.43 bits per heavy atom. The van der Waals surface area contributed by atoms with Crippen LogP contribution in [0.3, 0.4) is 0 Å². The van der Waals surface area contributed by atoms with Crippen molar-refractivity contribution in [1.29, 1.82) is 0 Å². The maximum Gasteiger partial charge on any atom is 0.00466 e. The highest BCUT2D eigenvalue weighted by molar-refractivity contribution is 14.1. The Morgan fingerprint density at radius 3 is 1.86 bits per heavy atom. The summed E-state index contributed by atoms with van der Waals surface area (Å²) in [4.78, 5) is 0. The average Bonchev–Trinajstić information content (AvgIpc) is 1.68. The molecule has 0 rings (SSSR count). The van der Waals surface area contributed by atoms with E-state index in [1.807, 2.05) is 0 Å². The summed E-state index contributed by atoms with van der Waals surface area (Å²) in [6, 6.07) is 0. The lowest BCUT2D eigenvalue weighted by molar-refractivity contribution is 0.415. The van der Waals surface area contributed by atoms with E-state index in [-0.39, 0.29) is 0 Å². The lowest BCUT2D eigenvalue weighted by atomic mass is 9.94. The predicted octanol–water partition coefficient (Wildman–Crippen LogP) is 2.86. The summed E-state index contributed by atoms with van der Waals surface area (Å²) >= 11 is 2.43. The van der Waals surface area contributed by atoms with E-state index >= 15 is 0 Å². The van der Waals surface area contributed by atoms with Crippen LogP contribution in [0.2, 0.25) is 0 Å². The van der Waals surface area contributed by atoms with Crippen LogP contribution in [0.25, 0.3) is 0 Å². The van der Waals surface area contributed by atoms with Crippen LogP contribution in [0, 0.1) is 5.41 Å². The van der Waals surface area contributed by atoms with Gasteiger partial charge >= 0.3 is 0 Å². The van der Waals surface area contributed by atoms with E-state index in [0.717, 1.165) is 0 Å². The van der Waals surface area contributed by atoms with Crippen molar-refractivity contribution in [3.8, 4) is 0 Å². The van der Waals surface area contributed by atoms with Gasteiger partial charge < -0.3 is 0 Å². The Morgan fingerprint density at radius 2 is 1.86 bits per heavy atom. The molecule has 0 aromatic rings. The van der Waals surface area contributed by atoms with Crippen molar-refractivity contribution in [1.82, 2.24) is 0 Å². The Hall–Kier alpha value is 0.730. The van der Waals surface area contributed by atoms with Gasteiger partial charge in [-0.1, -0.05) is 49.8 Å². The second kappa shape index (κ2) is 2.90. The molecule has 1 heteroatoms. The molecule has 0 fully saturated rings. The maximum absolute atomic E-state index is 2.43. The van der Waals surface area contributed by atoms with Crippen molar-refractivity contribution in [2.75, 3.05) is 4.43 Å². The van der Waals surface area contributed by atoms with Gasteiger partial charge in [0.25, 0.3) is 0 Å². The van der Waals surface area contributed by atoms with E-state index in [0.29, 0.717) is 5.41 Å². The van der Waals surface area contributed by atoms with Gasteiger partial charge in [0.2, 0.25) is 0 Å². The molecule has 0 heterocycles. The minimum atomic E-state index is 0.570. The van der Waals surface area contributed by atoms with E-state index in [1.165, 1.54) is 10.8 Å². The van der Waals surface area contributed by atoms with Gasteiger partial charge in [0, 0.05) is 4.43 Å². The molecule has 0 N–H and O–H groups in total. The summed E-state index contributed by atoms with van der Waals surface area (Å²) in [6.45, 7) is 6.82. The summed E-state index contributed by atoms with van der Waals surface area (Å²) in [5.74, 6) is 0. The van der Waals surface area contributed by atoms with E-state index in [9.17, 15) is 0 Å². The molecule has 0 atom stereocenters. The number of hydrogen-bond acceptors (Lipinski definition) is 0. The topological polar surface area (TPSA) is 0 Å². The van der Waals surface area contributed by atoms with Gasteiger partial charge in [0.05, 0.1) is 0 Å². The molecule has 0 saturated heterocycles. The molecule has 0 saturated carbocycles. The van der Waals surface area contributed by atoms with Crippen LogP contribution < -0.4 is 0 Å². The molecule has 0 amide bonds. The molecule has 7 heavy (non-hydrogen) atoms. The third-order valence-electron chi connectivity index (χ3n) is 1.32.